The van der Waals surface area contributed by atoms with Crippen LogP contribution in [0.3, 0.4) is 0 Å². The van der Waals surface area contributed by atoms with E-state index in [2.05, 4.69) is 4.74 Å². The van der Waals surface area contributed by atoms with Crippen LogP contribution in [0.1, 0.15) is 0 Å². The van der Waals surface area contributed by atoms with Gasteiger partial charge in [-0.3, -0.25) is 0 Å². The van der Waals surface area contributed by atoms with E-state index in [9.17, 15) is 0 Å². The molecule has 0 bridgehead atoms. The third kappa shape index (κ3) is 2.96. The predicted octanol–water partition coefficient (Wildman–Crippen LogP) is 0.413. The maximum atomic E-state index is 4.74. The SMILES string of the molecule is CO[CH]C(OC)OC. The third-order valence-corrected chi connectivity index (χ3v) is 0.712. The molecule has 0 aliphatic carbocycles. The minimum absolute atomic E-state index is 0.347. The first-order valence-corrected chi connectivity index (χ1v) is 2.27. The average Bonchev–Trinajstić information content (AvgIpc) is 1.83. The number of hydrogen-bond acceptors (Lipinski definition) is 3. The second-order valence-electron chi connectivity index (χ2n) is 1.21. The minimum Gasteiger partial charge on any atom is -0.373 e. The van der Waals surface area contributed by atoms with Crippen LogP contribution in [0.2, 0.25) is 0 Å². The highest BCUT2D eigenvalue weighted by atomic mass is 16.7. The fourth-order valence-corrected chi connectivity index (χ4v) is 0.318. The average molecular weight is 119 g/mol. The van der Waals surface area contributed by atoms with Crippen molar-refractivity contribution in [2.75, 3.05) is 21.3 Å². The molecule has 0 atom stereocenters. The molecular formula is C5H11O3. The Bertz CT molecular complexity index is 42.9. The van der Waals surface area contributed by atoms with Gasteiger partial charge in [0.05, 0.1) is 0 Å². The van der Waals surface area contributed by atoms with Crippen LogP contribution in [0.25, 0.3) is 0 Å². The maximum Gasteiger partial charge on any atom is 0.185 e. The summed E-state index contributed by atoms with van der Waals surface area (Å²) in [5.41, 5.74) is 0. The minimum atomic E-state index is -0.347. The molecule has 0 spiro atoms. The molecule has 0 N–H and O–H groups in total. The van der Waals surface area contributed by atoms with Crippen LogP contribution >= 0.6 is 0 Å². The van der Waals surface area contributed by atoms with Gasteiger partial charge in [0.2, 0.25) is 0 Å². The van der Waals surface area contributed by atoms with E-state index in [0.717, 1.165) is 0 Å². The van der Waals surface area contributed by atoms with Crippen LogP contribution < -0.4 is 0 Å². The summed E-state index contributed by atoms with van der Waals surface area (Å²) in [5.74, 6) is 0. The molecule has 49 valence electrons. The molecule has 0 saturated carbocycles. The highest BCUT2D eigenvalue weighted by Crippen LogP contribution is 1.94. The van der Waals surface area contributed by atoms with Gasteiger partial charge >= 0.3 is 0 Å². The summed E-state index contributed by atoms with van der Waals surface area (Å²) in [6.07, 6.45) is -0.347. The first-order chi connectivity index (χ1) is 3.85. The molecule has 0 aromatic rings. The van der Waals surface area contributed by atoms with E-state index in [4.69, 9.17) is 9.47 Å². The Morgan fingerprint density at radius 1 is 1.12 bits per heavy atom. The van der Waals surface area contributed by atoms with Gasteiger partial charge < -0.3 is 14.2 Å². The van der Waals surface area contributed by atoms with Gasteiger partial charge in [0.25, 0.3) is 0 Å². The fourth-order valence-electron chi connectivity index (χ4n) is 0.318. The first kappa shape index (κ1) is 7.88. The number of methoxy groups -OCH3 is 3. The van der Waals surface area contributed by atoms with E-state index < -0.39 is 0 Å². The fraction of sp³-hybridized carbons (Fsp3) is 0.800. The van der Waals surface area contributed by atoms with Gasteiger partial charge in [0, 0.05) is 21.3 Å². The number of ether oxygens (including phenoxy) is 3. The lowest BCUT2D eigenvalue weighted by molar-refractivity contribution is -0.106. The van der Waals surface area contributed by atoms with Crippen LogP contribution in [0.5, 0.6) is 0 Å². The zero-order valence-corrected chi connectivity index (χ0v) is 5.38. The first-order valence-electron chi connectivity index (χ1n) is 2.27. The monoisotopic (exact) mass is 119 g/mol. The number of rotatable bonds is 4. The molecule has 0 aromatic heterocycles. The zero-order chi connectivity index (χ0) is 6.41. The molecule has 0 amide bonds. The summed E-state index contributed by atoms with van der Waals surface area (Å²) in [7, 11) is 4.64. The molecule has 0 aliphatic heterocycles. The van der Waals surface area contributed by atoms with Crippen LogP contribution in [0.15, 0.2) is 0 Å². The second kappa shape index (κ2) is 5.03. The van der Waals surface area contributed by atoms with E-state index in [1.54, 1.807) is 21.3 Å². The van der Waals surface area contributed by atoms with Crippen molar-refractivity contribution in [1.82, 2.24) is 0 Å². The highest BCUT2D eigenvalue weighted by Gasteiger charge is 2.01. The molecule has 0 saturated heterocycles. The standard InChI is InChI=1S/C5H11O3/c1-6-4-5(7-2)8-3/h4-5H,1-3H3. The molecule has 0 rings (SSSR count). The topological polar surface area (TPSA) is 27.7 Å². The Balaban J connectivity index is 3.07. The van der Waals surface area contributed by atoms with Crippen molar-refractivity contribution in [3.05, 3.63) is 6.61 Å². The van der Waals surface area contributed by atoms with Crippen molar-refractivity contribution in [3.8, 4) is 0 Å². The van der Waals surface area contributed by atoms with E-state index in [1.807, 2.05) is 0 Å². The molecular weight excluding hydrogens is 108 g/mol. The molecule has 3 heteroatoms. The van der Waals surface area contributed by atoms with Gasteiger partial charge in [-0.25, -0.2) is 0 Å². The Hall–Kier alpha value is -0.120. The van der Waals surface area contributed by atoms with E-state index in [1.165, 1.54) is 6.61 Å². The summed E-state index contributed by atoms with van der Waals surface area (Å²) in [4.78, 5) is 0. The van der Waals surface area contributed by atoms with Gasteiger partial charge in [-0.2, -0.15) is 0 Å². The maximum absolute atomic E-state index is 4.74. The highest BCUT2D eigenvalue weighted by molar-refractivity contribution is 4.52. The lowest BCUT2D eigenvalue weighted by atomic mass is 10.7. The lowest BCUT2D eigenvalue weighted by Gasteiger charge is -2.09. The number of hydrogen-bond donors (Lipinski definition) is 0. The molecule has 1 radical (unpaired) electrons. The van der Waals surface area contributed by atoms with Crippen molar-refractivity contribution >= 4 is 0 Å². The lowest BCUT2D eigenvalue weighted by Crippen LogP contribution is -2.13. The van der Waals surface area contributed by atoms with Crippen LogP contribution in [-0.2, 0) is 14.2 Å². The quantitative estimate of drug-likeness (QED) is 0.502. The van der Waals surface area contributed by atoms with Crippen molar-refractivity contribution in [1.29, 1.82) is 0 Å². The molecule has 8 heavy (non-hydrogen) atoms. The Labute approximate surface area is 49.5 Å². The van der Waals surface area contributed by atoms with Crippen LogP contribution in [0.4, 0.5) is 0 Å². The van der Waals surface area contributed by atoms with Gasteiger partial charge in [-0.1, -0.05) is 0 Å². The van der Waals surface area contributed by atoms with E-state index in [-0.39, 0.29) is 6.29 Å². The summed E-state index contributed by atoms with van der Waals surface area (Å²) >= 11 is 0. The molecule has 0 heterocycles. The van der Waals surface area contributed by atoms with Gasteiger partial charge in [-0.05, 0) is 0 Å². The summed E-state index contributed by atoms with van der Waals surface area (Å²) in [5, 5.41) is 0. The van der Waals surface area contributed by atoms with Crippen LogP contribution in [-0.4, -0.2) is 27.6 Å². The van der Waals surface area contributed by atoms with Gasteiger partial charge in [0.15, 0.2) is 6.29 Å². The summed E-state index contributed by atoms with van der Waals surface area (Å²) in [6.45, 7) is 1.46. The molecule has 3 nitrogen and oxygen atoms in total. The van der Waals surface area contributed by atoms with Crippen molar-refractivity contribution < 1.29 is 14.2 Å². The van der Waals surface area contributed by atoms with Crippen LogP contribution in [0, 0.1) is 6.61 Å². The molecule has 0 aromatic carbocycles. The normalized spacial score (nSPS) is 10.5. The molecule has 0 unspecified atom stereocenters. The molecule has 0 fully saturated rings. The Kier molecular flexibility index (Phi) is 4.95. The van der Waals surface area contributed by atoms with Crippen molar-refractivity contribution in [2.24, 2.45) is 0 Å². The van der Waals surface area contributed by atoms with E-state index in [0.29, 0.717) is 0 Å². The summed E-state index contributed by atoms with van der Waals surface area (Å²) < 4.78 is 14.1. The van der Waals surface area contributed by atoms with Gasteiger partial charge in [-0.15, -0.1) is 0 Å². The largest absolute Gasteiger partial charge is 0.373 e. The molecule has 0 aliphatic rings. The summed E-state index contributed by atoms with van der Waals surface area (Å²) in [6, 6.07) is 0. The predicted molar refractivity (Wildman–Crippen MR) is 29.1 cm³/mol. The zero-order valence-electron chi connectivity index (χ0n) is 5.38. The Morgan fingerprint density at radius 3 is 1.75 bits per heavy atom. The van der Waals surface area contributed by atoms with Crippen molar-refractivity contribution in [3.63, 3.8) is 0 Å². The third-order valence-electron chi connectivity index (χ3n) is 0.712. The Morgan fingerprint density at radius 2 is 1.62 bits per heavy atom. The van der Waals surface area contributed by atoms with Gasteiger partial charge in [0.1, 0.15) is 6.61 Å². The van der Waals surface area contributed by atoms with E-state index >= 15 is 0 Å². The second-order valence-corrected chi connectivity index (χ2v) is 1.21. The smallest absolute Gasteiger partial charge is 0.185 e. The van der Waals surface area contributed by atoms with Crippen molar-refractivity contribution in [2.45, 2.75) is 6.29 Å².